The van der Waals surface area contributed by atoms with Crippen molar-refractivity contribution < 1.29 is 4.79 Å². The number of hydrogen-bond acceptors (Lipinski definition) is 4. The van der Waals surface area contributed by atoms with Gasteiger partial charge in [0, 0.05) is 6.54 Å². The lowest BCUT2D eigenvalue weighted by Crippen LogP contribution is -2.57. The zero-order valence-electron chi connectivity index (χ0n) is 14.4. The van der Waals surface area contributed by atoms with Crippen LogP contribution in [0.5, 0.6) is 0 Å². The zero-order valence-corrected chi connectivity index (χ0v) is 14.4. The van der Waals surface area contributed by atoms with Crippen LogP contribution in [0.3, 0.4) is 0 Å². The quantitative estimate of drug-likeness (QED) is 0.874. The highest BCUT2D eigenvalue weighted by atomic mass is 16.2. The lowest BCUT2D eigenvalue weighted by atomic mass is 9.93. The molecule has 2 aliphatic rings. The van der Waals surface area contributed by atoms with E-state index >= 15 is 0 Å². The molecule has 2 fully saturated rings. The molecular weight excluding hydrogens is 290 g/mol. The van der Waals surface area contributed by atoms with Gasteiger partial charge in [-0.3, -0.25) is 9.69 Å². The van der Waals surface area contributed by atoms with Crippen LogP contribution in [0.15, 0.2) is 6.33 Å². The number of aromatic nitrogens is 3. The van der Waals surface area contributed by atoms with Gasteiger partial charge in [0.15, 0.2) is 0 Å². The van der Waals surface area contributed by atoms with Crippen molar-refractivity contribution in [2.45, 2.75) is 76.9 Å². The fourth-order valence-electron chi connectivity index (χ4n) is 4.22. The van der Waals surface area contributed by atoms with Crippen molar-refractivity contribution in [3.8, 4) is 0 Å². The molecule has 1 aliphatic heterocycles. The number of nitrogens with zero attached hydrogens (tertiary/aromatic N) is 4. The van der Waals surface area contributed by atoms with Gasteiger partial charge in [-0.2, -0.15) is 5.10 Å². The van der Waals surface area contributed by atoms with E-state index in [0.29, 0.717) is 0 Å². The largest absolute Gasteiger partial charge is 0.344 e. The highest BCUT2D eigenvalue weighted by molar-refractivity contribution is 5.87. The first kappa shape index (κ1) is 16.4. The first-order chi connectivity index (χ1) is 11.2. The lowest BCUT2D eigenvalue weighted by Gasteiger charge is -2.38. The van der Waals surface area contributed by atoms with E-state index in [0.717, 1.165) is 57.6 Å². The topological polar surface area (TPSA) is 63.1 Å². The van der Waals surface area contributed by atoms with Gasteiger partial charge in [-0.25, -0.2) is 9.67 Å². The molecule has 6 heteroatoms. The Morgan fingerprint density at radius 1 is 1.26 bits per heavy atom. The molecule has 1 saturated heterocycles. The van der Waals surface area contributed by atoms with Gasteiger partial charge in [0.2, 0.25) is 5.91 Å². The third-order valence-electron chi connectivity index (χ3n) is 5.54. The van der Waals surface area contributed by atoms with Gasteiger partial charge in [-0.15, -0.1) is 0 Å². The van der Waals surface area contributed by atoms with Crippen LogP contribution in [0.25, 0.3) is 0 Å². The zero-order chi connectivity index (χ0) is 16.3. The van der Waals surface area contributed by atoms with Crippen molar-refractivity contribution >= 4 is 5.91 Å². The minimum absolute atomic E-state index is 0.0509. The van der Waals surface area contributed by atoms with Crippen molar-refractivity contribution in [1.82, 2.24) is 25.0 Å². The van der Waals surface area contributed by atoms with Gasteiger partial charge in [-0.1, -0.05) is 19.8 Å². The number of nitrogens with one attached hydrogen (secondary N) is 1. The van der Waals surface area contributed by atoms with E-state index in [2.05, 4.69) is 34.1 Å². The Balaban J connectivity index is 1.77. The van der Waals surface area contributed by atoms with Crippen LogP contribution >= 0.6 is 0 Å². The van der Waals surface area contributed by atoms with Gasteiger partial charge in [0.05, 0.1) is 6.04 Å². The van der Waals surface area contributed by atoms with Gasteiger partial charge < -0.3 is 5.32 Å². The second-order valence-corrected chi connectivity index (χ2v) is 6.80. The summed E-state index contributed by atoms with van der Waals surface area (Å²) in [6.45, 7) is 7.05. The van der Waals surface area contributed by atoms with Crippen molar-refractivity contribution in [3.05, 3.63) is 12.2 Å². The summed E-state index contributed by atoms with van der Waals surface area (Å²) in [5.41, 5.74) is -0.277. The molecule has 6 nitrogen and oxygen atoms in total. The number of amides is 1. The van der Waals surface area contributed by atoms with Crippen molar-refractivity contribution in [3.63, 3.8) is 0 Å². The first-order valence-electron chi connectivity index (χ1n) is 9.15. The number of rotatable bonds is 6. The molecule has 1 aromatic rings. The normalized spacial score (nSPS) is 22.3. The second-order valence-electron chi connectivity index (χ2n) is 6.80. The maximum absolute atomic E-state index is 13.2. The van der Waals surface area contributed by atoms with Crippen molar-refractivity contribution in [2.24, 2.45) is 0 Å². The summed E-state index contributed by atoms with van der Waals surface area (Å²) in [6, 6.07) is -0.0509. The number of carbonyl (C=O) groups is 1. The van der Waals surface area contributed by atoms with E-state index in [4.69, 9.17) is 0 Å². The predicted molar refractivity (Wildman–Crippen MR) is 88.9 cm³/mol. The highest BCUT2D eigenvalue weighted by Crippen LogP contribution is 2.38. The molecule has 23 heavy (non-hydrogen) atoms. The predicted octanol–water partition coefficient (Wildman–Crippen LogP) is 2.27. The summed E-state index contributed by atoms with van der Waals surface area (Å²) in [5, 5.41) is 7.55. The summed E-state index contributed by atoms with van der Waals surface area (Å²) in [7, 11) is 0. The third kappa shape index (κ3) is 3.01. The van der Waals surface area contributed by atoms with E-state index in [1.807, 2.05) is 4.68 Å². The maximum atomic E-state index is 13.2. The molecule has 1 amide bonds. The molecule has 0 aromatic carbocycles. The van der Waals surface area contributed by atoms with Crippen molar-refractivity contribution in [2.75, 3.05) is 13.1 Å². The minimum Gasteiger partial charge on any atom is -0.344 e. The first-order valence-corrected chi connectivity index (χ1v) is 9.15. The van der Waals surface area contributed by atoms with Crippen LogP contribution in [0, 0.1) is 0 Å². The van der Waals surface area contributed by atoms with E-state index in [1.54, 1.807) is 6.33 Å². The Kier molecular flexibility index (Phi) is 4.99. The fourth-order valence-corrected chi connectivity index (χ4v) is 4.22. The van der Waals surface area contributed by atoms with E-state index in [1.165, 1.54) is 12.8 Å². The maximum Gasteiger partial charge on any atom is 0.241 e. The van der Waals surface area contributed by atoms with Crippen LogP contribution < -0.4 is 5.32 Å². The summed E-state index contributed by atoms with van der Waals surface area (Å²) in [6.07, 6.45) is 9.16. The summed E-state index contributed by atoms with van der Waals surface area (Å²) < 4.78 is 1.88. The van der Waals surface area contributed by atoms with Crippen LogP contribution in [0.1, 0.15) is 70.7 Å². The SMILES string of the molecule is CC[C@H](NC(=O)C1(N2CCCC2)CCCC1)c1ncnn1CC. The van der Waals surface area contributed by atoms with Gasteiger partial charge in [-0.05, 0) is 52.1 Å². The molecule has 0 bridgehead atoms. The van der Waals surface area contributed by atoms with Crippen molar-refractivity contribution in [1.29, 1.82) is 0 Å². The average Bonchev–Trinajstić information content (AvgIpc) is 3.33. The Morgan fingerprint density at radius 2 is 1.96 bits per heavy atom. The standard InChI is InChI=1S/C17H29N5O/c1-3-14(15-18-13-19-22(15)4-2)20-16(23)17(9-5-6-10-17)21-11-7-8-12-21/h13-14H,3-12H2,1-2H3,(H,20,23)/t14-/m0/s1. The molecule has 1 aromatic heterocycles. The van der Waals surface area contributed by atoms with Crippen LogP contribution in [0.2, 0.25) is 0 Å². The smallest absolute Gasteiger partial charge is 0.241 e. The monoisotopic (exact) mass is 319 g/mol. The molecule has 1 aliphatic carbocycles. The molecule has 128 valence electrons. The third-order valence-corrected chi connectivity index (χ3v) is 5.54. The molecule has 1 N–H and O–H groups in total. The van der Waals surface area contributed by atoms with E-state index < -0.39 is 0 Å². The van der Waals surface area contributed by atoms with Crippen LogP contribution in [-0.4, -0.2) is 44.2 Å². The Bertz CT molecular complexity index is 529. The van der Waals surface area contributed by atoms with Gasteiger partial charge >= 0.3 is 0 Å². The molecule has 0 unspecified atom stereocenters. The molecule has 0 spiro atoms. The molecular formula is C17H29N5O. The highest BCUT2D eigenvalue weighted by Gasteiger charge is 2.47. The van der Waals surface area contributed by atoms with Crippen LogP contribution in [0.4, 0.5) is 0 Å². The molecule has 3 rings (SSSR count). The Labute approximate surface area is 138 Å². The summed E-state index contributed by atoms with van der Waals surface area (Å²) in [5.74, 6) is 1.08. The molecule has 1 atom stereocenters. The summed E-state index contributed by atoms with van der Waals surface area (Å²) >= 11 is 0. The number of likely N-dealkylation sites (tertiary alicyclic amines) is 1. The van der Waals surface area contributed by atoms with Gasteiger partial charge in [0.25, 0.3) is 0 Å². The molecule has 2 heterocycles. The molecule has 1 saturated carbocycles. The Hall–Kier alpha value is -1.43. The molecule has 0 radical (unpaired) electrons. The average molecular weight is 319 g/mol. The number of hydrogen-bond donors (Lipinski definition) is 1. The number of aryl methyl sites for hydroxylation is 1. The van der Waals surface area contributed by atoms with E-state index in [-0.39, 0.29) is 17.5 Å². The lowest BCUT2D eigenvalue weighted by molar-refractivity contribution is -0.133. The second kappa shape index (κ2) is 6.99. The summed E-state index contributed by atoms with van der Waals surface area (Å²) in [4.78, 5) is 20.0. The minimum atomic E-state index is -0.277. The van der Waals surface area contributed by atoms with E-state index in [9.17, 15) is 4.79 Å². The fraction of sp³-hybridized carbons (Fsp3) is 0.824. The van der Waals surface area contributed by atoms with Gasteiger partial charge in [0.1, 0.15) is 17.7 Å². The van der Waals surface area contributed by atoms with Crippen LogP contribution in [-0.2, 0) is 11.3 Å². The Morgan fingerprint density at radius 3 is 2.57 bits per heavy atom. The number of carbonyl (C=O) groups excluding carboxylic acids is 1.